The molecular formula is C11H12ClNO3. The van der Waals surface area contributed by atoms with Crippen molar-refractivity contribution in [2.45, 2.75) is 12.8 Å². The van der Waals surface area contributed by atoms with Gasteiger partial charge in [0.15, 0.2) is 17.8 Å². The highest BCUT2D eigenvalue weighted by atomic mass is 35.5. The van der Waals surface area contributed by atoms with E-state index >= 15 is 0 Å². The van der Waals surface area contributed by atoms with Gasteiger partial charge in [-0.05, 0) is 31.0 Å². The molecule has 0 amide bonds. The molecule has 86 valence electrons. The molecular weight excluding hydrogens is 230 g/mol. The summed E-state index contributed by atoms with van der Waals surface area (Å²) < 4.78 is 10.6. The number of ether oxygens (including phenoxy) is 2. The van der Waals surface area contributed by atoms with E-state index in [-0.39, 0.29) is 6.79 Å². The van der Waals surface area contributed by atoms with Crippen LogP contribution in [0.15, 0.2) is 6.07 Å². The highest BCUT2D eigenvalue weighted by Crippen LogP contribution is 2.42. The van der Waals surface area contributed by atoms with Gasteiger partial charge in [-0.3, -0.25) is 4.79 Å². The molecule has 0 fully saturated rings. The molecule has 0 radical (unpaired) electrons. The number of hydrogen-bond acceptors (Lipinski definition) is 4. The zero-order valence-electron chi connectivity index (χ0n) is 8.66. The van der Waals surface area contributed by atoms with Crippen molar-refractivity contribution in [3.63, 3.8) is 0 Å². The van der Waals surface area contributed by atoms with Crippen LogP contribution in [0.3, 0.4) is 0 Å². The van der Waals surface area contributed by atoms with E-state index in [1.165, 1.54) is 0 Å². The Bertz CT molecular complexity index is 420. The largest absolute Gasteiger partial charge is 0.453 e. The molecule has 1 heterocycles. The summed E-state index contributed by atoms with van der Waals surface area (Å²) in [5.74, 6) is 1.08. The maximum absolute atomic E-state index is 10.9. The number of halogens is 1. The quantitative estimate of drug-likeness (QED) is 0.817. The Morgan fingerprint density at radius 3 is 2.88 bits per heavy atom. The summed E-state index contributed by atoms with van der Waals surface area (Å²) in [5, 5.41) is 0.395. The summed E-state index contributed by atoms with van der Waals surface area (Å²) in [5.41, 5.74) is 6.75. The molecule has 4 nitrogen and oxygen atoms in total. The predicted octanol–water partition coefficient (Wildman–Crippen LogP) is 1.77. The molecule has 2 rings (SSSR count). The van der Waals surface area contributed by atoms with Crippen LogP contribution < -0.4 is 15.2 Å². The maximum atomic E-state index is 10.9. The number of hydrogen-bond donors (Lipinski definition) is 1. The fourth-order valence-electron chi connectivity index (χ4n) is 1.71. The topological polar surface area (TPSA) is 61.6 Å². The third-order valence-corrected chi connectivity index (χ3v) is 2.79. The van der Waals surface area contributed by atoms with Crippen molar-refractivity contribution in [2.75, 3.05) is 13.3 Å². The number of rotatable bonds is 4. The molecule has 16 heavy (non-hydrogen) atoms. The molecule has 2 N–H and O–H groups in total. The molecule has 0 bridgehead atoms. The second-order valence-electron chi connectivity index (χ2n) is 3.51. The smallest absolute Gasteiger partial charge is 0.231 e. The third-order valence-electron chi connectivity index (χ3n) is 2.48. The van der Waals surface area contributed by atoms with Crippen LogP contribution in [0.5, 0.6) is 11.5 Å². The number of benzene rings is 1. The van der Waals surface area contributed by atoms with E-state index in [1.807, 2.05) is 0 Å². The van der Waals surface area contributed by atoms with Crippen molar-refractivity contribution < 1.29 is 14.3 Å². The van der Waals surface area contributed by atoms with Gasteiger partial charge in [0.2, 0.25) is 6.79 Å². The predicted molar refractivity (Wildman–Crippen MR) is 60.3 cm³/mol. The molecule has 0 spiro atoms. The zero-order chi connectivity index (χ0) is 11.5. The fourth-order valence-corrected chi connectivity index (χ4v) is 1.97. The number of aldehydes is 1. The number of fused-ring (bicyclic) bond motifs is 1. The van der Waals surface area contributed by atoms with E-state index in [9.17, 15) is 4.79 Å². The maximum Gasteiger partial charge on any atom is 0.231 e. The van der Waals surface area contributed by atoms with Crippen molar-refractivity contribution in [1.29, 1.82) is 0 Å². The molecule has 0 atom stereocenters. The van der Waals surface area contributed by atoms with Crippen LogP contribution in [-0.2, 0) is 6.42 Å². The highest BCUT2D eigenvalue weighted by molar-refractivity contribution is 6.33. The van der Waals surface area contributed by atoms with E-state index < -0.39 is 0 Å². The van der Waals surface area contributed by atoms with E-state index in [2.05, 4.69) is 0 Å². The monoisotopic (exact) mass is 241 g/mol. The Kier molecular flexibility index (Phi) is 3.31. The van der Waals surface area contributed by atoms with Crippen LogP contribution in [0.4, 0.5) is 0 Å². The minimum atomic E-state index is 0.131. The fraction of sp³-hybridized carbons (Fsp3) is 0.364. The lowest BCUT2D eigenvalue weighted by Gasteiger charge is -2.08. The lowest BCUT2D eigenvalue weighted by molar-refractivity contribution is 0.111. The van der Waals surface area contributed by atoms with Gasteiger partial charge >= 0.3 is 0 Å². The van der Waals surface area contributed by atoms with E-state index in [0.29, 0.717) is 34.9 Å². The van der Waals surface area contributed by atoms with E-state index in [1.54, 1.807) is 6.07 Å². The standard InChI is InChI=1S/C11H12ClNO3/c12-9-4-7(2-1-3-13)10-11(8(9)5-14)16-6-15-10/h4-5H,1-3,6,13H2. The SMILES string of the molecule is NCCCc1cc(Cl)c(C=O)c2c1OCO2. The molecule has 1 aliphatic rings. The van der Waals surface area contributed by atoms with Crippen LogP contribution in [0.1, 0.15) is 22.3 Å². The molecule has 1 aromatic carbocycles. The molecule has 1 aliphatic heterocycles. The summed E-state index contributed by atoms with van der Waals surface area (Å²) in [4.78, 5) is 10.9. The van der Waals surface area contributed by atoms with Gasteiger partial charge in [0.1, 0.15) is 0 Å². The van der Waals surface area contributed by atoms with Crippen molar-refractivity contribution in [3.05, 3.63) is 22.2 Å². The molecule has 0 aliphatic carbocycles. The highest BCUT2D eigenvalue weighted by Gasteiger charge is 2.24. The summed E-state index contributed by atoms with van der Waals surface area (Å²) >= 11 is 5.99. The van der Waals surface area contributed by atoms with Crippen molar-refractivity contribution in [3.8, 4) is 11.5 Å². The number of aryl methyl sites for hydroxylation is 1. The first kappa shape index (κ1) is 11.2. The molecule has 0 saturated heterocycles. The number of carbonyl (C=O) groups excluding carboxylic acids is 1. The van der Waals surface area contributed by atoms with Crippen molar-refractivity contribution >= 4 is 17.9 Å². The summed E-state index contributed by atoms with van der Waals surface area (Å²) in [6, 6.07) is 1.74. The molecule has 5 heteroatoms. The van der Waals surface area contributed by atoms with Crippen molar-refractivity contribution in [2.24, 2.45) is 5.73 Å². The van der Waals surface area contributed by atoms with Crippen LogP contribution in [0, 0.1) is 0 Å². The third kappa shape index (κ3) is 1.86. The molecule has 0 unspecified atom stereocenters. The van der Waals surface area contributed by atoms with E-state index in [4.69, 9.17) is 26.8 Å². The van der Waals surface area contributed by atoms with Crippen LogP contribution in [0.2, 0.25) is 5.02 Å². The van der Waals surface area contributed by atoms with Crippen LogP contribution >= 0.6 is 11.6 Å². The second kappa shape index (κ2) is 4.72. The minimum absolute atomic E-state index is 0.131. The van der Waals surface area contributed by atoms with Crippen LogP contribution in [0.25, 0.3) is 0 Å². The first-order chi connectivity index (χ1) is 7.77. The average Bonchev–Trinajstić information content (AvgIpc) is 2.75. The lowest BCUT2D eigenvalue weighted by Crippen LogP contribution is -2.01. The van der Waals surface area contributed by atoms with Gasteiger partial charge in [-0.15, -0.1) is 0 Å². The van der Waals surface area contributed by atoms with Gasteiger partial charge in [-0.2, -0.15) is 0 Å². The van der Waals surface area contributed by atoms with Gasteiger partial charge in [-0.25, -0.2) is 0 Å². The van der Waals surface area contributed by atoms with Gasteiger partial charge in [0.25, 0.3) is 0 Å². The summed E-state index contributed by atoms with van der Waals surface area (Å²) in [6.07, 6.45) is 2.29. The van der Waals surface area contributed by atoms with Gasteiger partial charge < -0.3 is 15.2 Å². The Hall–Kier alpha value is -1.26. The van der Waals surface area contributed by atoms with Crippen LogP contribution in [-0.4, -0.2) is 19.6 Å². The summed E-state index contributed by atoms with van der Waals surface area (Å²) in [7, 11) is 0. The Morgan fingerprint density at radius 1 is 1.44 bits per heavy atom. The van der Waals surface area contributed by atoms with Gasteiger partial charge in [-0.1, -0.05) is 11.6 Å². The normalized spacial score (nSPS) is 12.9. The zero-order valence-corrected chi connectivity index (χ0v) is 9.42. The van der Waals surface area contributed by atoms with Gasteiger partial charge in [0, 0.05) is 0 Å². The number of nitrogens with two attached hydrogens (primary N) is 1. The number of carbonyl (C=O) groups is 1. The Morgan fingerprint density at radius 2 is 2.19 bits per heavy atom. The minimum Gasteiger partial charge on any atom is -0.453 e. The molecule has 0 saturated carbocycles. The average molecular weight is 242 g/mol. The first-order valence-electron chi connectivity index (χ1n) is 5.04. The van der Waals surface area contributed by atoms with Gasteiger partial charge in [0.05, 0.1) is 10.6 Å². The molecule has 0 aromatic heterocycles. The summed E-state index contributed by atoms with van der Waals surface area (Å²) in [6.45, 7) is 0.731. The van der Waals surface area contributed by atoms with E-state index in [0.717, 1.165) is 18.4 Å². The molecule has 1 aromatic rings. The Balaban J connectivity index is 2.44. The lowest BCUT2D eigenvalue weighted by atomic mass is 10.0. The first-order valence-corrected chi connectivity index (χ1v) is 5.42. The van der Waals surface area contributed by atoms with Crippen molar-refractivity contribution in [1.82, 2.24) is 0 Å². The Labute approximate surface area is 98.3 Å². The second-order valence-corrected chi connectivity index (χ2v) is 3.91.